The third kappa shape index (κ3) is 7.26. The molecule has 8 nitrogen and oxygen atoms in total. The molecule has 2 fully saturated rings. The Hall–Kier alpha value is -1.65. The van der Waals surface area contributed by atoms with Crippen LogP contribution in [-0.2, 0) is 14.3 Å². The lowest BCUT2D eigenvalue weighted by molar-refractivity contribution is -0.154. The topological polar surface area (TPSA) is 120 Å². The summed E-state index contributed by atoms with van der Waals surface area (Å²) in [6, 6.07) is 0.434. The largest absolute Gasteiger partial charge is 0.458 e. The van der Waals surface area contributed by atoms with Crippen molar-refractivity contribution in [3.05, 3.63) is 21.7 Å². The number of aliphatic hydroxyl groups excluding tert-OH is 3. The zero-order chi connectivity index (χ0) is 27.5. The van der Waals surface area contributed by atoms with Crippen molar-refractivity contribution in [2.24, 2.45) is 17.3 Å². The molecule has 3 heterocycles. The Bertz CT molecular complexity index is 976. The quantitative estimate of drug-likeness (QED) is 0.396. The molecule has 0 saturated carbocycles. The number of esters is 1. The van der Waals surface area contributed by atoms with Gasteiger partial charge in [-0.3, -0.25) is 14.5 Å². The van der Waals surface area contributed by atoms with Crippen molar-refractivity contribution >= 4 is 29.2 Å². The van der Waals surface area contributed by atoms with Crippen LogP contribution in [0.3, 0.4) is 0 Å². The first-order valence-corrected chi connectivity index (χ1v) is 14.3. The minimum absolute atomic E-state index is 0.0559. The third-order valence-corrected chi connectivity index (χ3v) is 9.10. The van der Waals surface area contributed by atoms with Gasteiger partial charge in [-0.05, 0) is 44.3 Å². The minimum atomic E-state index is -1.24. The van der Waals surface area contributed by atoms with Crippen LogP contribution < -0.4 is 0 Å². The fraction of sp³-hybridized carbons (Fsp3) is 0.750. The number of Topliss-reactive ketones (excluding diaryl/α,β-unsaturated/α-hetero) is 1. The monoisotopic (exact) mass is 536 g/mol. The maximum atomic E-state index is 13.3. The average molecular weight is 537 g/mol. The molecule has 0 amide bonds. The molecule has 1 aromatic rings. The second-order valence-electron chi connectivity index (χ2n) is 11.5. The Labute approximate surface area is 224 Å². The van der Waals surface area contributed by atoms with Gasteiger partial charge in [0.2, 0.25) is 0 Å². The summed E-state index contributed by atoms with van der Waals surface area (Å²) in [5.74, 6) is -1.57. The van der Waals surface area contributed by atoms with Gasteiger partial charge in [-0.15, -0.1) is 11.3 Å². The first kappa shape index (κ1) is 29.9. The fourth-order valence-electron chi connectivity index (χ4n) is 5.65. The van der Waals surface area contributed by atoms with E-state index in [-0.39, 0.29) is 36.8 Å². The summed E-state index contributed by atoms with van der Waals surface area (Å²) < 4.78 is 5.94. The van der Waals surface area contributed by atoms with Gasteiger partial charge < -0.3 is 20.1 Å². The number of hydrogen-bond acceptors (Lipinski definition) is 9. The van der Waals surface area contributed by atoms with E-state index in [9.17, 15) is 24.9 Å². The molecular formula is C28H44N2O6S. The third-order valence-electron chi connectivity index (χ3n) is 8.31. The smallest absolute Gasteiger partial charge is 0.309 e. The number of thiazole rings is 1. The molecule has 3 rings (SSSR count). The number of hydrogen-bond donors (Lipinski definition) is 3. The van der Waals surface area contributed by atoms with Gasteiger partial charge in [-0.25, -0.2) is 4.98 Å². The predicted molar refractivity (Wildman–Crippen MR) is 144 cm³/mol. The molecule has 1 aromatic heterocycles. The van der Waals surface area contributed by atoms with Crippen LogP contribution >= 0.6 is 11.3 Å². The van der Waals surface area contributed by atoms with Gasteiger partial charge in [0.05, 0.1) is 41.4 Å². The summed E-state index contributed by atoms with van der Waals surface area (Å²) in [6.07, 6.45) is 2.19. The van der Waals surface area contributed by atoms with Crippen LogP contribution in [0.5, 0.6) is 0 Å². The van der Waals surface area contributed by atoms with Crippen LogP contribution in [0.25, 0.3) is 6.08 Å². The van der Waals surface area contributed by atoms with Crippen LogP contribution in [0, 0.1) is 24.2 Å². The minimum Gasteiger partial charge on any atom is -0.458 e. The lowest BCUT2D eigenvalue weighted by atomic mass is 9.73. The number of ether oxygens (including phenoxy) is 1. The second kappa shape index (κ2) is 12.5. The first-order valence-electron chi connectivity index (χ1n) is 13.4. The highest BCUT2D eigenvalue weighted by molar-refractivity contribution is 7.09. The first-order chi connectivity index (χ1) is 17.4. The van der Waals surface area contributed by atoms with Crippen LogP contribution in [0.2, 0.25) is 0 Å². The van der Waals surface area contributed by atoms with Crippen molar-refractivity contribution in [2.75, 3.05) is 13.2 Å². The number of cyclic esters (lactones) is 1. The van der Waals surface area contributed by atoms with Crippen molar-refractivity contribution in [1.29, 1.82) is 0 Å². The van der Waals surface area contributed by atoms with Gasteiger partial charge >= 0.3 is 5.97 Å². The van der Waals surface area contributed by atoms with Crippen molar-refractivity contribution in [2.45, 2.75) is 104 Å². The van der Waals surface area contributed by atoms with E-state index < -0.39 is 35.6 Å². The van der Waals surface area contributed by atoms with E-state index in [4.69, 9.17) is 4.74 Å². The number of nitrogens with zero attached hydrogens (tertiary/aromatic N) is 2. The highest BCUT2D eigenvalue weighted by Crippen LogP contribution is 2.39. The van der Waals surface area contributed by atoms with Gasteiger partial charge in [0.25, 0.3) is 0 Å². The van der Waals surface area contributed by atoms with Crippen LogP contribution in [-0.4, -0.2) is 80.5 Å². The van der Waals surface area contributed by atoms with Gasteiger partial charge in [-0.2, -0.15) is 0 Å². The van der Waals surface area contributed by atoms with E-state index >= 15 is 0 Å². The van der Waals surface area contributed by atoms with Crippen molar-refractivity contribution in [3.8, 4) is 0 Å². The molecule has 0 bridgehead atoms. The number of fused-ring (bicyclic) bond motifs is 1. The maximum Gasteiger partial charge on any atom is 0.309 e. The van der Waals surface area contributed by atoms with E-state index in [2.05, 4.69) is 9.88 Å². The van der Waals surface area contributed by atoms with Gasteiger partial charge in [0.15, 0.2) is 0 Å². The Morgan fingerprint density at radius 3 is 2.57 bits per heavy atom. The molecule has 2 aliphatic heterocycles. The van der Waals surface area contributed by atoms with Crippen molar-refractivity contribution in [1.82, 2.24) is 9.88 Å². The number of carbonyl (C=O) groups is 2. The number of aryl methyl sites for hydroxylation is 1. The number of carbonyl (C=O) groups excluding carboxylic acids is 2. The van der Waals surface area contributed by atoms with Gasteiger partial charge in [-0.1, -0.05) is 34.1 Å². The number of aromatic nitrogens is 1. The molecule has 0 aromatic carbocycles. The lowest BCUT2D eigenvalue weighted by Gasteiger charge is -2.34. The Morgan fingerprint density at radius 1 is 1.24 bits per heavy atom. The standard InChI is InChI=1S/C28H44N2O6S/c1-16-8-7-9-21-22(30(21)10-11-31)13-23(17(2)12-20-15-37-19(4)29-20)36-25(33)14-24(32)28(5,6)27(35)18(3)26(16)34/h12,15-16,18,21-24,26,31-32,34H,7-11,13-14H2,1-6H3/t16-,18+,21+,22-,23?,24-,26-,30?/m0/s1. The summed E-state index contributed by atoms with van der Waals surface area (Å²) in [4.78, 5) is 33.1. The molecule has 2 unspecified atom stereocenters. The summed E-state index contributed by atoms with van der Waals surface area (Å²) >= 11 is 1.55. The van der Waals surface area contributed by atoms with E-state index in [1.54, 1.807) is 32.1 Å². The predicted octanol–water partition coefficient (Wildman–Crippen LogP) is 3.37. The molecule has 0 spiro atoms. The van der Waals surface area contributed by atoms with Crippen LogP contribution in [0.1, 0.15) is 77.4 Å². The molecule has 8 atom stereocenters. The molecule has 9 heteroatoms. The van der Waals surface area contributed by atoms with Crippen LogP contribution in [0.4, 0.5) is 0 Å². The maximum absolute atomic E-state index is 13.3. The average Bonchev–Trinajstić information content (AvgIpc) is 3.29. The highest BCUT2D eigenvalue weighted by Gasteiger charge is 2.48. The molecule has 0 radical (unpaired) electrons. The SMILES string of the molecule is CC(=Cc1csc(C)n1)C1C[C@H]2[C@@H](CCC[C@H](C)[C@H](O)[C@@H](C)C(=O)C(C)(C)[C@@H](O)CC(=O)O1)N2CCO. The van der Waals surface area contributed by atoms with Gasteiger partial charge in [0, 0.05) is 36.3 Å². The number of β-amino-alcohol motifs (C(OH)–C–C–N with tert-alkyl or cyclic N) is 1. The fourth-order valence-corrected chi connectivity index (χ4v) is 6.22. The molecule has 37 heavy (non-hydrogen) atoms. The molecule has 208 valence electrons. The highest BCUT2D eigenvalue weighted by atomic mass is 32.1. The van der Waals surface area contributed by atoms with E-state index in [1.165, 1.54) is 0 Å². The van der Waals surface area contributed by atoms with Crippen molar-refractivity contribution in [3.63, 3.8) is 0 Å². The zero-order valence-corrected chi connectivity index (χ0v) is 23.8. The summed E-state index contributed by atoms with van der Waals surface area (Å²) in [5, 5.41) is 34.3. The molecule has 0 aliphatic carbocycles. The summed E-state index contributed by atoms with van der Waals surface area (Å²) in [7, 11) is 0. The van der Waals surface area contributed by atoms with E-state index in [1.807, 2.05) is 32.2 Å². The van der Waals surface area contributed by atoms with Crippen molar-refractivity contribution < 1.29 is 29.6 Å². The normalized spacial score (nSPS) is 36.1. The number of ketones is 1. The Morgan fingerprint density at radius 2 is 1.95 bits per heavy atom. The second-order valence-corrected chi connectivity index (χ2v) is 12.5. The Balaban J connectivity index is 1.88. The molecule has 3 N–H and O–H groups in total. The summed E-state index contributed by atoms with van der Waals surface area (Å²) in [5.41, 5.74) is 0.467. The number of rotatable bonds is 4. The van der Waals surface area contributed by atoms with E-state index in [0.717, 1.165) is 35.5 Å². The molecular weight excluding hydrogens is 492 g/mol. The molecule has 2 saturated heterocycles. The lowest BCUT2D eigenvalue weighted by Crippen LogP contribution is -2.45. The van der Waals surface area contributed by atoms with E-state index in [0.29, 0.717) is 13.0 Å². The van der Waals surface area contributed by atoms with Crippen LogP contribution in [0.15, 0.2) is 11.0 Å². The zero-order valence-electron chi connectivity index (χ0n) is 23.0. The van der Waals surface area contributed by atoms with Gasteiger partial charge in [0.1, 0.15) is 11.9 Å². The molecule has 2 aliphatic rings. The summed E-state index contributed by atoms with van der Waals surface area (Å²) in [6.45, 7) is 11.4. The number of aliphatic hydroxyl groups is 3. The Kier molecular flexibility index (Phi) is 10.1.